The number of amides is 1. The van der Waals surface area contributed by atoms with Gasteiger partial charge in [-0.05, 0) is 31.6 Å². The minimum Gasteiger partial charge on any atom is -0.340 e. The average Bonchev–Trinajstić information content (AvgIpc) is 3.08. The number of hydrogen-bond acceptors (Lipinski definition) is 4. The van der Waals surface area contributed by atoms with Crippen LogP contribution in [0.15, 0.2) is 5.38 Å². The summed E-state index contributed by atoms with van der Waals surface area (Å²) in [6.07, 6.45) is 10.9. The Morgan fingerprint density at radius 3 is 2.68 bits per heavy atom. The summed E-state index contributed by atoms with van der Waals surface area (Å²) in [5.41, 5.74) is 1.21. The largest absolute Gasteiger partial charge is 0.340 e. The highest BCUT2D eigenvalue weighted by Crippen LogP contribution is 2.27. The highest BCUT2D eigenvalue weighted by atomic mass is 32.1. The molecule has 0 spiro atoms. The van der Waals surface area contributed by atoms with E-state index in [2.05, 4.69) is 22.1 Å². The Morgan fingerprint density at radius 1 is 1.20 bits per heavy atom. The maximum Gasteiger partial charge on any atom is 0.222 e. The third-order valence-electron chi connectivity index (χ3n) is 5.64. The van der Waals surface area contributed by atoms with Gasteiger partial charge in [0.25, 0.3) is 0 Å². The Balaban J connectivity index is 1.39. The van der Waals surface area contributed by atoms with Crippen molar-refractivity contribution in [1.82, 2.24) is 14.8 Å². The Morgan fingerprint density at radius 2 is 1.96 bits per heavy atom. The van der Waals surface area contributed by atoms with Crippen LogP contribution >= 0.6 is 11.3 Å². The van der Waals surface area contributed by atoms with Crippen LogP contribution in [0.25, 0.3) is 0 Å². The normalized spacial score (nSPS) is 20.1. The van der Waals surface area contributed by atoms with Crippen LogP contribution < -0.4 is 0 Å². The summed E-state index contributed by atoms with van der Waals surface area (Å²) in [5, 5.41) is 3.49. The first-order chi connectivity index (χ1) is 12.2. The van der Waals surface area contributed by atoms with E-state index in [1.54, 1.807) is 11.3 Å². The molecule has 4 nitrogen and oxygen atoms in total. The molecule has 140 valence electrons. The summed E-state index contributed by atoms with van der Waals surface area (Å²) in [6.45, 7) is 6.91. The quantitative estimate of drug-likeness (QED) is 0.732. The molecule has 0 atom stereocenters. The van der Waals surface area contributed by atoms with Crippen molar-refractivity contribution >= 4 is 17.2 Å². The molecular weight excluding hydrogens is 330 g/mol. The van der Waals surface area contributed by atoms with Gasteiger partial charge in [-0.2, -0.15) is 0 Å². The van der Waals surface area contributed by atoms with E-state index in [1.807, 2.05) is 0 Å². The van der Waals surface area contributed by atoms with Crippen LogP contribution in [0, 0.1) is 5.92 Å². The second-order valence-corrected chi connectivity index (χ2v) is 8.64. The minimum absolute atomic E-state index is 0.391. The maximum absolute atomic E-state index is 12.5. The van der Waals surface area contributed by atoms with Crippen LogP contribution in [0.4, 0.5) is 0 Å². The van der Waals surface area contributed by atoms with Crippen LogP contribution in [-0.2, 0) is 17.8 Å². The van der Waals surface area contributed by atoms with Gasteiger partial charge in [-0.25, -0.2) is 4.98 Å². The number of piperazine rings is 1. The lowest BCUT2D eigenvalue weighted by Crippen LogP contribution is -2.48. The monoisotopic (exact) mass is 363 g/mol. The zero-order valence-electron chi connectivity index (χ0n) is 15.7. The molecule has 0 bridgehead atoms. The molecule has 0 unspecified atom stereocenters. The number of nitrogens with zero attached hydrogens (tertiary/aromatic N) is 3. The summed E-state index contributed by atoms with van der Waals surface area (Å²) < 4.78 is 0. The lowest BCUT2D eigenvalue weighted by molar-refractivity contribution is -0.134. The number of aryl methyl sites for hydroxylation is 1. The molecule has 2 heterocycles. The molecule has 1 saturated carbocycles. The highest BCUT2D eigenvalue weighted by Gasteiger charge is 2.24. The molecule has 0 aromatic carbocycles. The summed E-state index contributed by atoms with van der Waals surface area (Å²) in [5.74, 6) is 1.04. The second kappa shape index (κ2) is 9.67. The van der Waals surface area contributed by atoms with Crippen molar-refractivity contribution in [3.05, 3.63) is 16.1 Å². The number of thiazole rings is 1. The van der Waals surface area contributed by atoms with Crippen molar-refractivity contribution in [3.63, 3.8) is 0 Å². The van der Waals surface area contributed by atoms with Gasteiger partial charge in [0.2, 0.25) is 5.91 Å². The molecule has 0 radical (unpaired) electrons. The molecule has 1 aliphatic carbocycles. The van der Waals surface area contributed by atoms with Crippen LogP contribution in [0.3, 0.4) is 0 Å². The molecule has 1 aromatic rings. The number of unbranched alkanes of at least 4 members (excludes halogenated alkanes) is 1. The molecule has 3 rings (SSSR count). The second-order valence-electron chi connectivity index (χ2n) is 7.70. The van der Waals surface area contributed by atoms with Crippen LogP contribution in [0.2, 0.25) is 0 Å². The standard InChI is InChI=1S/C20H33N3OS/c1-2-3-9-19-21-18(16-25-19)15-22-10-12-23(13-11-22)20(24)14-17-7-5-4-6-8-17/h16-17H,2-15H2,1H3. The molecule has 2 aliphatic rings. The topological polar surface area (TPSA) is 36.4 Å². The lowest BCUT2D eigenvalue weighted by atomic mass is 9.86. The molecule has 5 heteroatoms. The summed E-state index contributed by atoms with van der Waals surface area (Å²) in [7, 11) is 0. The fourth-order valence-corrected chi connectivity index (χ4v) is 4.85. The third kappa shape index (κ3) is 5.78. The molecule has 1 aromatic heterocycles. The molecular formula is C20H33N3OS. The van der Waals surface area contributed by atoms with Crippen LogP contribution in [0.1, 0.15) is 69.0 Å². The molecule has 25 heavy (non-hydrogen) atoms. The summed E-state index contributed by atoms with van der Waals surface area (Å²) in [4.78, 5) is 21.8. The van der Waals surface area contributed by atoms with Crippen molar-refractivity contribution in [2.75, 3.05) is 26.2 Å². The molecule has 1 saturated heterocycles. The Hall–Kier alpha value is -0.940. The first-order valence-corrected chi connectivity index (χ1v) is 11.1. The maximum atomic E-state index is 12.5. The first-order valence-electron chi connectivity index (χ1n) is 10.2. The SMILES string of the molecule is CCCCc1nc(CN2CCN(C(=O)CC3CCCCC3)CC2)cs1. The highest BCUT2D eigenvalue weighted by molar-refractivity contribution is 7.09. The van der Waals surface area contributed by atoms with Gasteiger partial charge < -0.3 is 4.90 Å². The Kier molecular flexibility index (Phi) is 7.29. The smallest absolute Gasteiger partial charge is 0.222 e. The number of aromatic nitrogens is 1. The molecule has 2 fully saturated rings. The van der Waals surface area contributed by atoms with E-state index in [0.29, 0.717) is 11.8 Å². The fraction of sp³-hybridized carbons (Fsp3) is 0.800. The third-order valence-corrected chi connectivity index (χ3v) is 6.60. The van der Waals surface area contributed by atoms with Crippen LogP contribution in [0.5, 0.6) is 0 Å². The fourth-order valence-electron chi connectivity index (χ4n) is 4.02. The van der Waals surface area contributed by atoms with E-state index in [4.69, 9.17) is 4.98 Å². The van der Waals surface area contributed by atoms with Crippen molar-refractivity contribution in [1.29, 1.82) is 0 Å². The molecule has 1 aliphatic heterocycles. The van der Waals surface area contributed by atoms with Crippen molar-refractivity contribution < 1.29 is 4.79 Å². The van der Waals surface area contributed by atoms with Crippen molar-refractivity contribution in [2.45, 2.75) is 71.3 Å². The number of carbonyl (C=O) groups excluding carboxylic acids is 1. The first kappa shape index (κ1) is 18.8. The predicted molar refractivity (Wildman–Crippen MR) is 104 cm³/mol. The number of rotatable bonds is 7. The van der Waals surface area contributed by atoms with E-state index in [-0.39, 0.29) is 0 Å². The zero-order valence-corrected chi connectivity index (χ0v) is 16.5. The Labute approximate surface area is 156 Å². The van der Waals surface area contributed by atoms with E-state index in [0.717, 1.165) is 45.6 Å². The Bertz CT molecular complexity index is 531. The van der Waals surface area contributed by atoms with E-state index in [1.165, 1.54) is 55.6 Å². The summed E-state index contributed by atoms with van der Waals surface area (Å²) in [6, 6.07) is 0. The molecule has 0 N–H and O–H groups in total. The van der Waals surface area contributed by atoms with Gasteiger partial charge in [0, 0.05) is 44.5 Å². The van der Waals surface area contributed by atoms with Gasteiger partial charge in [0.15, 0.2) is 0 Å². The van der Waals surface area contributed by atoms with Crippen LogP contribution in [-0.4, -0.2) is 46.9 Å². The number of carbonyl (C=O) groups is 1. The number of hydrogen-bond donors (Lipinski definition) is 0. The zero-order chi connectivity index (χ0) is 17.5. The average molecular weight is 364 g/mol. The van der Waals surface area contributed by atoms with Crippen molar-refractivity contribution in [2.24, 2.45) is 5.92 Å². The van der Waals surface area contributed by atoms with E-state index >= 15 is 0 Å². The van der Waals surface area contributed by atoms with E-state index in [9.17, 15) is 4.79 Å². The van der Waals surface area contributed by atoms with Gasteiger partial charge in [0.05, 0.1) is 10.7 Å². The minimum atomic E-state index is 0.391. The van der Waals surface area contributed by atoms with Crippen molar-refractivity contribution in [3.8, 4) is 0 Å². The van der Waals surface area contributed by atoms with Gasteiger partial charge in [-0.3, -0.25) is 9.69 Å². The van der Waals surface area contributed by atoms with Gasteiger partial charge in [0.1, 0.15) is 0 Å². The van der Waals surface area contributed by atoms with Gasteiger partial charge in [-0.1, -0.05) is 32.6 Å². The lowest BCUT2D eigenvalue weighted by Gasteiger charge is -2.35. The van der Waals surface area contributed by atoms with Gasteiger partial charge in [-0.15, -0.1) is 11.3 Å². The van der Waals surface area contributed by atoms with Gasteiger partial charge >= 0.3 is 0 Å². The summed E-state index contributed by atoms with van der Waals surface area (Å²) >= 11 is 1.80. The predicted octanol–water partition coefficient (Wildman–Crippen LogP) is 4.10. The van der Waals surface area contributed by atoms with E-state index < -0.39 is 0 Å². The molecule has 1 amide bonds.